The fourth-order valence-corrected chi connectivity index (χ4v) is 6.70. The summed E-state index contributed by atoms with van der Waals surface area (Å²) in [6.07, 6.45) is 1.45. The number of piperazine rings is 1. The molecule has 2 saturated heterocycles. The minimum absolute atomic E-state index is 0.0778. The van der Waals surface area contributed by atoms with E-state index in [0.29, 0.717) is 35.8 Å². The number of carbonyl (C=O) groups is 2. The summed E-state index contributed by atoms with van der Waals surface area (Å²) in [6.45, 7) is 5.50. The number of rotatable bonds is 4. The van der Waals surface area contributed by atoms with Gasteiger partial charge in [0.2, 0.25) is 15.9 Å². The van der Waals surface area contributed by atoms with Gasteiger partial charge in [0.05, 0.1) is 9.77 Å². The maximum absolute atomic E-state index is 13.2. The van der Waals surface area contributed by atoms with E-state index in [1.54, 1.807) is 34.9 Å². The van der Waals surface area contributed by atoms with Crippen LogP contribution in [0.1, 0.15) is 33.6 Å². The van der Waals surface area contributed by atoms with Crippen molar-refractivity contribution in [1.82, 2.24) is 14.1 Å². The maximum Gasteiger partial charge on any atom is 0.264 e. The first kappa shape index (κ1) is 22.0. The monoisotopic (exact) mass is 461 g/mol. The number of thiophene rings is 1. The number of carbonyl (C=O) groups excluding carboxylic acids is 2. The summed E-state index contributed by atoms with van der Waals surface area (Å²) in [5.74, 6) is -0.173. The Balaban J connectivity index is 1.42. The van der Waals surface area contributed by atoms with Crippen molar-refractivity contribution in [2.45, 2.75) is 37.6 Å². The molecule has 9 heteroatoms. The first-order valence-corrected chi connectivity index (χ1v) is 12.8. The van der Waals surface area contributed by atoms with E-state index in [-0.39, 0.29) is 24.9 Å². The highest BCUT2D eigenvalue weighted by atomic mass is 32.2. The molecule has 4 rings (SSSR count). The summed E-state index contributed by atoms with van der Waals surface area (Å²) < 4.78 is 27.6. The fourth-order valence-electron chi connectivity index (χ4n) is 4.40. The number of likely N-dealkylation sites (tertiary alicyclic amines) is 1. The highest BCUT2D eigenvalue weighted by Crippen LogP contribution is 2.26. The number of benzene rings is 1. The predicted molar refractivity (Wildman–Crippen MR) is 120 cm³/mol. The van der Waals surface area contributed by atoms with Crippen LogP contribution in [0, 0.1) is 13.8 Å². The molecule has 0 saturated carbocycles. The van der Waals surface area contributed by atoms with Crippen molar-refractivity contribution in [3.63, 3.8) is 0 Å². The Labute approximate surface area is 187 Å². The van der Waals surface area contributed by atoms with E-state index in [1.807, 2.05) is 24.4 Å². The second kappa shape index (κ2) is 8.72. The maximum atomic E-state index is 13.2. The van der Waals surface area contributed by atoms with Crippen molar-refractivity contribution in [3.05, 3.63) is 51.7 Å². The van der Waals surface area contributed by atoms with E-state index in [2.05, 4.69) is 0 Å². The first-order chi connectivity index (χ1) is 14.8. The van der Waals surface area contributed by atoms with Gasteiger partial charge in [-0.15, -0.1) is 11.3 Å². The van der Waals surface area contributed by atoms with Gasteiger partial charge in [0.25, 0.3) is 5.91 Å². The molecule has 0 bridgehead atoms. The Kier molecular flexibility index (Phi) is 6.18. The van der Waals surface area contributed by atoms with Gasteiger partial charge in [-0.2, -0.15) is 4.31 Å². The Hall–Kier alpha value is -2.23. The zero-order valence-corrected chi connectivity index (χ0v) is 19.4. The van der Waals surface area contributed by atoms with Gasteiger partial charge in [-0.3, -0.25) is 9.59 Å². The molecule has 0 unspecified atom stereocenters. The largest absolute Gasteiger partial charge is 0.338 e. The number of amides is 2. The van der Waals surface area contributed by atoms with Crippen molar-refractivity contribution in [3.8, 4) is 0 Å². The van der Waals surface area contributed by atoms with Crippen LogP contribution in [-0.4, -0.2) is 73.1 Å². The summed E-state index contributed by atoms with van der Waals surface area (Å²) in [4.78, 5) is 30.3. The zero-order chi connectivity index (χ0) is 22.2. The van der Waals surface area contributed by atoms with Crippen LogP contribution in [-0.2, 0) is 14.8 Å². The van der Waals surface area contributed by atoms with Gasteiger partial charge in [-0.1, -0.05) is 23.8 Å². The quantitative estimate of drug-likeness (QED) is 0.701. The zero-order valence-electron chi connectivity index (χ0n) is 17.8. The molecule has 0 N–H and O–H groups in total. The van der Waals surface area contributed by atoms with Crippen LogP contribution in [0.4, 0.5) is 0 Å². The van der Waals surface area contributed by atoms with Crippen molar-refractivity contribution in [2.24, 2.45) is 0 Å². The van der Waals surface area contributed by atoms with E-state index < -0.39 is 16.1 Å². The van der Waals surface area contributed by atoms with Crippen LogP contribution in [0.25, 0.3) is 0 Å². The Morgan fingerprint density at radius 1 is 1.03 bits per heavy atom. The van der Waals surface area contributed by atoms with Gasteiger partial charge >= 0.3 is 0 Å². The SMILES string of the molecule is Cc1ccc(S(=O)(=O)N2CCN(C(=O)[C@@H]3CCCN3C(=O)c3cccs3)CC2)c(C)c1. The molecule has 0 aliphatic carbocycles. The fraction of sp³-hybridized carbons (Fsp3) is 0.455. The molecular weight excluding hydrogens is 434 g/mol. The van der Waals surface area contributed by atoms with Crippen molar-refractivity contribution in [1.29, 1.82) is 0 Å². The average Bonchev–Trinajstić information content (AvgIpc) is 3.45. The van der Waals surface area contributed by atoms with Crippen LogP contribution in [0.2, 0.25) is 0 Å². The molecule has 2 aliphatic rings. The molecule has 2 aliphatic heterocycles. The van der Waals surface area contributed by atoms with Gasteiger partial charge in [0.15, 0.2) is 0 Å². The lowest BCUT2D eigenvalue weighted by atomic mass is 10.1. The summed E-state index contributed by atoms with van der Waals surface area (Å²) in [5, 5.41) is 1.86. The minimum Gasteiger partial charge on any atom is -0.338 e. The van der Waals surface area contributed by atoms with E-state index in [1.165, 1.54) is 15.6 Å². The molecule has 166 valence electrons. The van der Waals surface area contributed by atoms with Crippen LogP contribution >= 0.6 is 11.3 Å². The summed E-state index contributed by atoms with van der Waals surface area (Å²) in [7, 11) is -3.60. The number of hydrogen-bond acceptors (Lipinski definition) is 5. The van der Waals surface area contributed by atoms with E-state index >= 15 is 0 Å². The second-order valence-electron chi connectivity index (χ2n) is 8.13. The van der Waals surface area contributed by atoms with Crippen molar-refractivity contribution >= 4 is 33.2 Å². The lowest BCUT2D eigenvalue weighted by Gasteiger charge is -2.36. The predicted octanol–water partition coefficient (Wildman–Crippen LogP) is 2.50. The molecule has 2 fully saturated rings. The highest BCUT2D eigenvalue weighted by molar-refractivity contribution is 7.89. The number of aryl methyl sites for hydroxylation is 2. The molecule has 1 aromatic heterocycles. The van der Waals surface area contributed by atoms with E-state index in [0.717, 1.165) is 17.5 Å². The van der Waals surface area contributed by atoms with Gasteiger partial charge in [0, 0.05) is 32.7 Å². The molecule has 31 heavy (non-hydrogen) atoms. The molecule has 7 nitrogen and oxygen atoms in total. The highest BCUT2D eigenvalue weighted by Gasteiger charge is 2.39. The third-order valence-electron chi connectivity index (χ3n) is 6.03. The molecule has 0 radical (unpaired) electrons. The lowest BCUT2D eigenvalue weighted by Crippen LogP contribution is -2.55. The number of nitrogens with zero attached hydrogens (tertiary/aromatic N) is 3. The molecular formula is C22H27N3O4S2. The van der Waals surface area contributed by atoms with Gasteiger partial charge in [0.1, 0.15) is 6.04 Å². The molecule has 1 aromatic carbocycles. The molecule has 3 heterocycles. The van der Waals surface area contributed by atoms with Crippen molar-refractivity contribution in [2.75, 3.05) is 32.7 Å². The lowest BCUT2D eigenvalue weighted by molar-refractivity contribution is -0.136. The minimum atomic E-state index is -3.60. The van der Waals surface area contributed by atoms with Crippen LogP contribution < -0.4 is 0 Å². The summed E-state index contributed by atoms with van der Waals surface area (Å²) in [5.41, 5.74) is 1.75. The topological polar surface area (TPSA) is 78.0 Å². The Morgan fingerprint density at radius 3 is 2.42 bits per heavy atom. The standard InChI is InChI=1S/C22H27N3O4S2/c1-16-7-8-20(17(2)15-16)31(28,29)24-12-10-23(11-13-24)21(26)18-5-3-9-25(18)22(27)19-6-4-14-30-19/h4,6-8,14-15,18H,3,5,9-13H2,1-2H3/t18-/m0/s1. The second-order valence-corrected chi connectivity index (χ2v) is 11.0. The van der Waals surface area contributed by atoms with Crippen molar-refractivity contribution < 1.29 is 18.0 Å². The number of hydrogen-bond donors (Lipinski definition) is 0. The van der Waals surface area contributed by atoms with Crippen LogP contribution in [0.3, 0.4) is 0 Å². The van der Waals surface area contributed by atoms with Gasteiger partial charge in [-0.25, -0.2) is 8.42 Å². The molecule has 2 aromatic rings. The average molecular weight is 462 g/mol. The van der Waals surface area contributed by atoms with E-state index in [9.17, 15) is 18.0 Å². The Morgan fingerprint density at radius 2 is 1.77 bits per heavy atom. The van der Waals surface area contributed by atoms with Gasteiger partial charge in [-0.05, 0) is 49.8 Å². The Bertz CT molecular complexity index is 1070. The molecule has 2 amide bonds. The van der Waals surface area contributed by atoms with Gasteiger partial charge < -0.3 is 9.80 Å². The third-order valence-corrected chi connectivity index (χ3v) is 8.95. The molecule has 0 spiro atoms. The van der Waals surface area contributed by atoms with Crippen LogP contribution in [0.5, 0.6) is 0 Å². The molecule has 1 atom stereocenters. The van der Waals surface area contributed by atoms with E-state index in [4.69, 9.17) is 0 Å². The van der Waals surface area contributed by atoms with Crippen LogP contribution in [0.15, 0.2) is 40.6 Å². The number of sulfonamides is 1. The smallest absolute Gasteiger partial charge is 0.264 e. The first-order valence-electron chi connectivity index (χ1n) is 10.5. The normalized spacial score (nSPS) is 20.3. The third kappa shape index (κ3) is 4.26. The summed E-state index contributed by atoms with van der Waals surface area (Å²) in [6, 6.07) is 8.48. The summed E-state index contributed by atoms with van der Waals surface area (Å²) >= 11 is 1.38.